The highest BCUT2D eigenvalue weighted by Crippen LogP contribution is 2.49. The second-order valence-electron chi connectivity index (χ2n) is 8.35. The lowest BCUT2D eigenvalue weighted by atomic mass is 9.65. The average molecular weight is 342 g/mol. The molecule has 1 saturated heterocycles. The molecule has 138 valence electrons. The van der Waals surface area contributed by atoms with Gasteiger partial charge in [0.15, 0.2) is 0 Å². The van der Waals surface area contributed by atoms with Crippen LogP contribution in [0.15, 0.2) is 0 Å². The number of amides is 2. The van der Waals surface area contributed by atoms with E-state index in [2.05, 4.69) is 5.32 Å². The fraction of sp³-hybridized carbons (Fsp3) is 0.824. The van der Waals surface area contributed by atoms with Crippen LogP contribution in [0.3, 0.4) is 0 Å². The zero-order chi connectivity index (χ0) is 18.8. The van der Waals surface area contributed by atoms with Gasteiger partial charge in [-0.3, -0.25) is 0 Å². The summed E-state index contributed by atoms with van der Waals surface area (Å²) in [6.07, 6.45) is -0.111. The Morgan fingerprint density at radius 2 is 1.88 bits per heavy atom. The number of nitrogens with zero attached hydrogens (tertiary/aromatic N) is 1. The normalized spacial score (nSPS) is 24.6. The van der Waals surface area contributed by atoms with Crippen LogP contribution in [0, 0.1) is 11.3 Å². The molecule has 0 aromatic carbocycles. The molecule has 2 N–H and O–H groups in total. The molecular formula is C17H30N2O5. The number of likely N-dealkylation sites (tertiary alicyclic amines) is 1. The molecule has 0 aromatic heterocycles. The molecule has 1 fully saturated rings. The largest absolute Gasteiger partial charge is 0.465 e. The summed E-state index contributed by atoms with van der Waals surface area (Å²) in [7, 11) is 0. The predicted octanol–water partition coefficient (Wildman–Crippen LogP) is 2.88. The predicted molar refractivity (Wildman–Crippen MR) is 89.9 cm³/mol. The fourth-order valence-corrected chi connectivity index (χ4v) is 3.73. The molecule has 7 nitrogen and oxygen atoms in total. The molecule has 1 aliphatic rings. The Hall–Kier alpha value is -1.79. The first-order valence-corrected chi connectivity index (χ1v) is 8.26. The lowest BCUT2D eigenvalue weighted by Crippen LogP contribution is -2.60. The molecule has 0 spiro atoms. The first kappa shape index (κ1) is 20.3. The molecule has 0 aliphatic carbocycles. The van der Waals surface area contributed by atoms with E-state index in [0.29, 0.717) is 13.0 Å². The number of carbonyl (C=O) groups excluding carboxylic acids is 2. The summed E-state index contributed by atoms with van der Waals surface area (Å²) in [5, 5.41) is 12.3. The third kappa shape index (κ3) is 4.19. The Kier molecular flexibility index (Phi) is 5.90. The van der Waals surface area contributed by atoms with Crippen LogP contribution in [0.5, 0.6) is 0 Å². The van der Waals surface area contributed by atoms with E-state index in [1.807, 2.05) is 20.8 Å². The number of carbonyl (C=O) groups is 3. The number of hydrogen-bond donors (Lipinski definition) is 2. The summed E-state index contributed by atoms with van der Waals surface area (Å²) in [5.74, 6) is -0.161. The summed E-state index contributed by atoms with van der Waals surface area (Å²) in [6.45, 7) is 11.7. The van der Waals surface area contributed by atoms with Gasteiger partial charge in [-0.2, -0.15) is 0 Å². The molecule has 0 bridgehead atoms. The Labute approximate surface area is 143 Å². The van der Waals surface area contributed by atoms with Crippen LogP contribution < -0.4 is 5.32 Å². The van der Waals surface area contributed by atoms with Gasteiger partial charge in [-0.1, -0.05) is 20.8 Å². The molecule has 0 radical (unpaired) electrons. The zero-order valence-corrected chi connectivity index (χ0v) is 15.5. The van der Waals surface area contributed by atoms with Crippen molar-refractivity contribution in [3.05, 3.63) is 0 Å². The Morgan fingerprint density at radius 1 is 1.29 bits per heavy atom. The lowest BCUT2D eigenvalue weighted by Gasteiger charge is -2.49. The van der Waals surface area contributed by atoms with E-state index in [-0.39, 0.29) is 18.9 Å². The molecule has 7 heteroatoms. The van der Waals surface area contributed by atoms with Crippen molar-refractivity contribution in [2.75, 3.05) is 13.1 Å². The van der Waals surface area contributed by atoms with E-state index in [0.717, 1.165) is 6.29 Å². The number of hydrogen-bond acceptors (Lipinski definition) is 4. The van der Waals surface area contributed by atoms with Gasteiger partial charge in [-0.25, -0.2) is 9.59 Å². The highest BCUT2D eigenvalue weighted by molar-refractivity contribution is 5.69. The molecular weight excluding hydrogens is 312 g/mol. The number of ether oxygens (including phenoxy) is 1. The zero-order valence-electron chi connectivity index (χ0n) is 15.5. The summed E-state index contributed by atoms with van der Waals surface area (Å²) in [4.78, 5) is 36.3. The molecule has 0 aromatic rings. The molecule has 2 amide bonds. The lowest BCUT2D eigenvalue weighted by molar-refractivity contribution is -0.113. The molecule has 1 heterocycles. The van der Waals surface area contributed by atoms with Crippen molar-refractivity contribution in [2.24, 2.45) is 11.3 Å². The van der Waals surface area contributed by atoms with Crippen molar-refractivity contribution in [3.63, 3.8) is 0 Å². The SMILES string of the molecule is CC(C)(C)OC(=O)NC[C@@H]1CCN(C(=O)O)[C@]1(CC=O)C(C)(C)C. The van der Waals surface area contributed by atoms with E-state index < -0.39 is 28.7 Å². The van der Waals surface area contributed by atoms with Crippen molar-refractivity contribution in [1.29, 1.82) is 0 Å². The topological polar surface area (TPSA) is 95.9 Å². The van der Waals surface area contributed by atoms with Crippen molar-refractivity contribution in [3.8, 4) is 0 Å². The van der Waals surface area contributed by atoms with E-state index in [1.165, 1.54) is 4.90 Å². The third-order valence-corrected chi connectivity index (χ3v) is 4.67. The highest BCUT2D eigenvalue weighted by atomic mass is 16.6. The third-order valence-electron chi connectivity index (χ3n) is 4.67. The van der Waals surface area contributed by atoms with Gasteiger partial charge in [-0.15, -0.1) is 0 Å². The number of aldehydes is 1. The van der Waals surface area contributed by atoms with Crippen LogP contribution in [0.25, 0.3) is 0 Å². The van der Waals surface area contributed by atoms with Crippen molar-refractivity contribution >= 4 is 18.5 Å². The molecule has 1 aliphatic heterocycles. The summed E-state index contributed by atoms with van der Waals surface area (Å²) < 4.78 is 5.24. The highest BCUT2D eigenvalue weighted by Gasteiger charge is 2.57. The van der Waals surface area contributed by atoms with E-state index in [1.54, 1.807) is 20.8 Å². The van der Waals surface area contributed by atoms with Crippen LogP contribution in [0.1, 0.15) is 54.4 Å². The van der Waals surface area contributed by atoms with Gasteiger partial charge in [0.1, 0.15) is 11.9 Å². The summed E-state index contributed by atoms with van der Waals surface area (Å²) >= 11 is 0. The number of carboxylic acid groups (broad SMARTS) is 1. The number of nitrogens with one attached hydrogen (secondary N) is 1. The Bertz CT molecular complexity index is 492. The minimum Gasteiger partial charge on any atom is -0.465 e. The van der Waals surface area contributed by atoms with Gasteiger partial charge in [0.2, 0.25) is 0 Å². The monoisotopic (exact) mass is 342 g/mol. The van der Waals surface area contributed by atoms with Gasteiger partial charge < -0.3 is 24.9 Å². The van der Waals surface area contributed by atoms with Crippen LogP contribution in [0.4, 0.5) is 9.59 Å². The van der Waals surface area contributed by atoms with Crippen LogP contribution in [-0.2, 0) is 9.53 Å². The van der Waals surface area contributed by atoms with Gasteiger partial charge in [0.05, 0.1) is 5.54 Å². The van der Waals surface area contributed by atoms with Gasteiger partial charge >= 0.3 is 12.2 Å². The Morgan fingerprint density at radius 3 is 2.29 bits per heavy atom. The van der Waals surface area contributed by atoms with Crippen LogP contribution in [0.2, 0.25) is 0 Å². The fourth-order valence-electron chi connectivity index (χ4n) is 3.73. The number of alkyl carbamates (subject to hydrolysis) is 1. The maximum Gasteiger partial charge on any atom is 0.407 e. The minimum atomic E-state index is -1.04. The second-order valence-corrected chi connectivity index (χ2v) is 8.35. The Balaban J connectivity index is 3.01. The van der Waals surface area contributed by atoms with Crippen LogP contribution in [-0.4, -0.2) is 52.7 Å². The van der Waals surface area contributed by atoms with Gasteiger partial charge in [0, 0.05) is 25.4 Å². The molecule has 0 unspecified atom stereocenters. The summed E-state index contributed by atoms with van der Waals surface area (Å²) in [5.41, 5.74) is -1.91. The van der Waals surface area contributed by atoms with Crippen molar-refractivity contribution in [1.82, 2.24) is 10.2 Å². The van der Waals surface area contributed by atoms with E-state index in [9.17, 15) is 19.5 Å². The van der Waals surface area contributed by atoms with Gasteiger partial charge in [-0.05, 0) is 32.6 Å². The maximum atomic E-state index is 11.9. The molecule has 1 rings (SSSR count). The smallest absolute Gasteiger partial charge is 0.407 e. The van der Waals surface area contributed by atoms with Crippen molar-refractivity contribution < 1.29 is 24.2 Å². The van der Waals surface area contributed by atoms with Gasteiger partial charge in [0.25, 0.3) is 0 Å². The average Bonchev–Trinajstić information content (AvgIpc) is 2.74. The first-order valence-electron chi connectivity index (χ1n) is 8.26. The van der Waals surface area contributed by atoms with E-state index in [4.69, 9.17) is 4.74 Å². The molecule has 0 saturated carbocycles. The van der Waals surface area contributed by atoms with Crippen molar-refractivity contribution in [2.45, 2.75) is 65.5 Å². The first-order chi connectivity index (χ1) is 10.8. The molecule has 24 heavy (non-hydrogen) atoms. The number of rotatable bonds is 4. The quantitative estimate of drug-likeness (QED) is 0.766. The van der Waals surface area contributed by atoms with Crippen LogP contribution >= 0.6 is 0 Å². The molecule has 2 atom stereocenters. The standard InChI is InChI=1S/C17H30N2O5/c1-15(2,3)17(8-10-20)12(7-9-19(17)14(22)23)11-18-13(21)24-16(4,5)6/h10,12H,7-9,11H2,1-6H3,(H,18,21)(H,22,23)/t12-,17-/m0/s1. The second kappa shape index (κ2) is 6.99. The minimum absolute atomic E-state index is 0.101. The van der Waals surface area contributed by atoms with E-state index >= 15 is 0 Å². The summed E-state index contributed by atoms with van der Waals surface area (Å²) in [6, 6.07) is 0. The maximum absolute atomic E-state index is 11.9.